The lowest BCUT2D eigenvalue weighted by molar-refractivity contribution is -0.870. The van der Waals surface area contributed by atoms with Crippen LogP contribution in [0.1, 0.15) is 187 Å². The maximum Gasteiger partial charge on any atom is 0.472 e. The SMILES string of the molecule is CC/C=C\C/C=C\C/C=C\C/C=C\CCCCCCCCCCCCC(=O)OC(COCCCCCCCC/C=C\C/C=C\CCCC)COP(=O)(O)OCC[N+](C)(C)C. The van der Waals surface area contributed by atoms with E-state index in [1.165, 1.54) is 96.3 Å². The second-order valence-electron chi connectivity index (χ2n) is 17.1. The molecular formula is C51H93NO7P+. The summed E-state index contributed by atoms with van der Waals surface area (Å²) in [6, 6.07) is 0. The van der Waals surface area contributed by atoms with Crippen molar-refractivity contribution in [3.8, 4) is 0 Å². The van der Waals surface area contributed by atoms with Gasteiger partial charge in [-0.15, -0.1) is 0 Å². The van der Waals surface area contributed by atoms with E-state index < -0.39 is 13.9 Å². The van der Waals surface area contributed by atoms with Crippen molar-refractivity contribution in [3.63, 3.8) is 0 Å². The van der Waals surface area contributed by atoms with Gasteiger partial charge in [-0.1, -0.05) is 177 Å². The molecule has 348 valence electrons. The van der Waals surface area contributed by atoms with Crippen LogP contribution in [0.2, 0.25) is 0 Å². The average Bonchev–Trinajstić information content (AvgIpc) is 3.20. The standard InChI is InChI=1S/C51H92NO7P/c1-6-8-10-12-14-16-18-20-22-23-24-25-26-27-28-29-30-32-34-36-38-40-42-44-51(53)59-50(49-58-60(54,55)57-47-45-52(3,4)5)48-56-46-43-41-39-37-35-33-31-21-19-17-15-13-11-9-7-2/h8,10,13-16,19-22,24-25,50H,6-7,9,11-12,17-18,23,26-49H2,1-5H3/p+1/b10-8-,15-13-,16-14-,21-19-,22-20-,25-24-. The van der Waals surface area contributed by atoms with E-state index in [1.807, 2.05) is 21.1 Å². The highest BCUT2D eigenvalue weighted by Gasteiger charge is 2.26. The zero-order valence-corrected chi connectivity index (χ0v) is 40.3. The zero-order valence-electron chi connectivity index (χ0n) is 39.4. The average molecular weight is 863 g/mol. The molecule has 0 radical (unpaired) electrons. The van der Waals surface area contributed by atoms with Gasteiger partial charge in [-0.2, -0.15) is 0 Å². The summed E-state index contributed by atoms with van der Waals surface area (Å²) >= 11 is 0. The largest absolute Gasteiger partial charge is 0.472 e. The van der Waals surface area contributed by atoms with Gasteiger partial charge < -0.3 is 18.9 Å². The number of phosphoric ester groups is 1. The third kappa shape index (κ3) is 47.0. The van der Waals surface area contributed by atoms with Gasteiger partial charge >= 0.3 is 13.8 Å². The van der Waals surface area contributed by atoms with Gasteiger partial charge in [0.1, 0.15) is 19.3 Å². The van der Waals surface area contributed by atoms with Crippen molar-refractivity contribution in [3.05, 3.63) is 72.9 Å². The normalized spacial score (nSPS) is 14.3. The third-order valence-corrected chi connectivity index (χ3v) is 11.0. The highest BCUT2D eigenvalue weighted by atomic mass is 31.2. The van der Waals surface area contributed by atoms with Crippen molar-refractivity contribution in [1.29, 1.82) is 0 Å². The van der Waals surface area contributed by atoms with Crippen LogP contribution in [0.5, 0.6) is 0 Å². The predicted octanol–water partition coefficient (Wildman–Crippen LogP) is 14.7. The molecule has 0 aliphatic carbocycles. The first-order valence-electron chi connectivity index (χ1n) is 24.2. The number of ether oxygens (including phenoxy) is 2. The molecule has 0 amide bonds. The molecule has 0 bridgehead atoms. The van der Waals surface area contributed by atoms with Gasteiger partial charge in [0.15, 0.2) is 0 Å². The van der Waals surface area contributed by atoms with Crippen LogP contribution in [0, 0.1) is 0 Å². The summed E-state index contributed by atoms with van der Waals surface area (Å²) in [6.07, 6.45) is 56.5. The van der Waals surface area contributed by atoms with E-state index in [-0.39, 0.29) is 25.8 Å². The minimum atomic E-state index is -4.29. The second kappa shape index (κ2) is 43.6. The molecule has 2 atom stereocenters. The van der Waals surface area contributed by atoms with E-state index in [4.69, 9.17) is 18.5 Å². The summed E-state index contributed by atoms with van der Waals surface area (Å²) in [6.45, 7) is 5.44. The van der Waals surface area contributed by atoms with Crippen molar-refractivity contribution < 1.29 is 37.3 Å². The predicted molar refractivity (Wildman–Crippen MR) is 256 cm³/mol. The number of nitrogens with zero attached hydrogens (tertiary/aromatic N) is 1. The number of quaternary nitrogens is 1. The lowest BCUT2D eigenvalue weighted by Crippen LogP contribution is -2.37. The molecule has 0 aromatic rings. The van der Waals surface area contributed by atoms with Gasteiger partial charge in [-0.3, -0.25) is 13.8 Å². The Morgan fingerprint density at radius 2 is 0.967 bits per heavy atom. The van der Waals surface area contributed by atoms with E-state index in [0.717, 1.165) is 70.6 Å². The molecular weight excluding hydrogens is 770 g/mol. The Morgan fingerprint density at radius 3 is 1.45 bits per heavy atom. The fourth-order valence-electron chi connectivity index (χ4n) is 6.27. The summed E-state index contributed by atoms with van der Waals surface area (Å²) in [5.74, 6) is -0.325. The third-order valence-electron chi connectivity index (χ3n) is 10.0. The number of carbonyl (C=O) groups excluding carboxylic acids is 1. The van der Waals surface area contributed by atoms with E-state index in [1.54, 1.807) is 0 Å². The van der Waals surface area contributed by atoms with Crippen molar-refractivity contribution >= 4 is 13.8 Å². The van der Waals surface area contributed by atoms with Crippen LogP contribution in [-0.4, -0.2) is 75.6 Å². The first-order chi connectivity index (χ1) is 29.1. The van der Waals surface area contributed by atoms with Crippen LogP contribution in [-0.2, 0) is 27.9 Å². The monoisotopic (exact) mass is 863 g/mol. The van der Waals surface area contributed by atoms with E-state index in [9.17, 15) is 14.3 Å². The molecule has 0 saturated carbocycles. The second-order valence-corrected chi connectivity index (χ2v) is 18.6. The first-order valence-corrected chi connectivity index (χ1v) is 25.7. The molecule has 0 aliphatic rings. The Balaban J connectivity index is 4.18. The minimum absolute atomic E-state index is 0.0823. The summed E-state index contributed by atoms with van der Waals surface area (Å²) in [5.41, 5.74) is 0. The Labute approximate surface area is 370 Å². The molecule has 0 spiro atoms. The summed E-state index contributed by atoms with van der Waals surface area (Å²) < 4.78 is 35.1. The molecule has 0 fully saturated rings. The Bertz CT molecular complexity index is 1190. The highest BCUT2D eigenvalue weighted by Crippen LogP contribution is 2.43. The molecule has 0 heterocycles. The number of carbonyl (C=O) groups is 1. The van der Waals surface area contributed by atoms with E-state index in [2.05, 4.69) is 86.8 Å². The number of hydrogen-bond donors (Lipinski definition) is 1. The molecule has 0 aromatic carbocycles. The molecule has 0 saturated heterocycles. The maximum atomic E-state index is 12.7. The molecule has 0 rings (SSSR count). The number of phosphoric acid groups is 1. The summed E-state index contributed by atoms with van der Waals surface area (Å²) in [5, 5.41) is 0. The Morgan fingerprint density at radius 1 is 0.533 bits per heavy atom. The quantitative estimate of drug-likeness (QED) is 0.0214. The lowest BCUT2D eigenvalue weighted by atomic mass is 10.0. The lowest BCUT2D eigenvalue weighted by Gasteiger charge is -2.24. The topological polar surface area (TPSA) is 91.3 Å². The molecule has 60 heavy (non-hydrogen) atoms. The van der Waals surface area contributed by atoms with E-state index >= 15 is 0 Å². The van der Waals surface area contributed by atoms with Crippen molar-refractivity contribution in [2.24, 2.45) is 0 Å². The van der Waals surface area contributed by atoms with Crippen molar-refractivity contribution in [1.82, 2.24) is 0 Å². The molecule has 9 heteroatoms. The van der Waals surface area contributed by atoms with Crippen LogP contribution >= 0.6 is 7.82 Å². The number of allylic oxidation sites excluding steroid dienone is 12. The van der Waals surface area contributed by atoms with Crippen LogP contribution < -0.4 is 0 Å². The van der Waals surface area contributed by atoms with Gasteiger partial charge in [-0.05, 0) is 77.0 Å². The van der Waals surface area contributed by atoms with Crippen molar-refractivity contribution in [2.75, 3.05) is 54.1 Å². The van der Waals surface area contributed by atoms with Gasteiger partial charge in [-0.25, -0.2) is 4.57 Å². The number of rotatable bonds is 44. The van der Waals surface area contributed by atoms with Gasteiger partial charge in [0, 0.05) is 13.0 Å². The molecule has 0 aliphatic heterocycles. The van der Waals surface area contributed by atoms with Crippen LogP contribution in [0.25, 0.3) is 0 Å². The maximum absolute atomic E-state index is 12.7. The summed E-state index contributed by atoms with van der Waals surface area (Å²) in [7, 11) is 1.65. The summed E-state index contributed by atoms with van der Waals surface area (Å²) in [4.78, 5) is 23.0. The van der Waals surface area contributed by atoms with Crippen LogP contribution in [0.3, 0.4) is 0 Å². The molecule has 1 N–H and O–H groups in total. The molecule has 8 nitrogen and oxygen atoms in total. The van der Waals surface area contributed by atoms with Crippen LogP contribution in [0.4, 0.5) is 0 Å². The first kappa shape index (κ1) is 57.9. The number of esters is 1. The fraction of sp³-hybridized carbons (Fsp3) is 0.745. The smallest absolute Gasteiger partial charge is 0.457 e. The Hall–Kier alpha value is -2.06. The van der Waals surface area contributed by atoms with Gasteiger partial charge in [0.05, 0.1) is 34.4 Å². The number of likely N-dealkylation sites (N-methyl/N-ethyl adjacent to an activating group) is 1. The van der Waals surface area contributed by atoms with Gasteiger partial charge in [0.25, 0.3) is 0 Å². The Kier molecular flexibility index (Phi) is 42.1. The fourth-order valence-corrected chi connectivity index (χ4v) is 7.01. The van der Waals surface area contributed by atoms with Crippen LogP contribution in [0.15, 0.2) is 72.9 Å². The van der Waals surface area contributed by atoms with E-state index in [0.29, 0.717) is 24.1 Å². The molecule has 2 unspecified atom stereocenters. The minimum Gasteiger partial charge on any atom is -0.457 e. The number of unbranched alkanes of at least 4 members (excludes halogenated alkanes) is 18. The van der Waals surface area contributed by atoms with Crippen molar-refractivity contribution in [2.45, 2.75) is 193 Å². The zero-order chi connectivity index (χ0) is 44.1. The highest BCUT2D eigenvalue weighted by molar-refractivity contribution is 7.47. The molecule has 0 aromatic heterocycles. The number of hydrogen-bond acceptors (Lipinski definition) is 6. The van der Waals surface area contributed by atoms with Gasteiger partial charge in [0.2, 0.25) is 0 Å².